The minimum Gasteiger partial charge on any atom is -0.449 e. The summed E-state index contributed by atoms with van der Waals surface area (Å²) in [6.45, 7) is 1.33. The van der Waals surface area contributed by atoms with Crippen LogP contribution in [-0.4, -0.2) is 32.4 Å². The molecule has 0 aliphatic rings. The molecule has 0 fully saturated rings. The van der Waals surface area contributed by atoms with Crippen molar-refractivity contribution in [2.75, 3.05) is 10.0 Å². The molecule has 1 aromatic heterocycles. The molecular weight excluding hydrogens is 454 g/mol. The summed E-state index contributed by atoms with van der Waals surface area (Å²) >= 11 is 1.08. The number of hydrogen-bond donors (Lipinski definition) is 3. The minimum atomic E-state index is -3.71. The van der Waals surface area contributed by atoms with Crippen molar-refractivity contribution in [3.63, 3.8) is 0 Å². The molecule has 0 bridgehead atoms. The lowest BCUT2D eigenvalue weighted by Crippen LogP contribution is -2.41. The highest BCUT2D eigenvalue weighted by Crippen LogP contribution is 2.20. The van der Waals surface area contributed by atoms with Crippen LogP contribution in [0.3, 0.4) is 0 Å². The Kier molecular flexibility index (Phi) is 7.23. The maximum Gasteiger partial charge on any atom is 0.338 e. The summed E-state index contributed by atoms with van der Waals surface area (Å²) in [7, 11) is -3.71. The summed E-state index contributed by atoms with van der Waals surface area (Å²) in [6.07, 6.45) is -1.24. The van der Waals surface area contributed by atoms with Crippen LogP contribution in [0.15, 0.2) is 76.3 Å². The molecule has 1 heterocycles. The third-order valence-corrected chi connectivity index (χ3v) is 6.83. The van der Waals surface area contributed by atoms with Crippen molar-refractivity contribution in [2.45, 2.75) is 17.2 Å². The van der Waals surface area contributed by atoms with Crippen LogP contribution in [0.1, 0.15) is 17.3 Å². The maximum atomic E-state index is 12.3. The number of ether oxygens (including phenoxy) is 1. The molecule has 0 radical (unpaired) electrons. The van der Waals surface area contributed by atoms with Gasteiger partial charge in [-0.25, -0.2) is 18.0 Å². The molecule has 1 atom stereocenters. The standard InChI is InChI=1S/C21H19N3O6S2/c1-14(19(25)23-21(27)22-16-6-3-2-4-7-16)30-20(26)15-9-11-17(12-10-15)24-32(28,29)18-8-5-13-31-18/h2-14,24H,1H3,(H2,22,23,25,27). The summed E-state index contributed by atoms with van der Waals surface area (Å²) in [5, 5.41) is 6.22. The fourth-order valence-corrected chi connectivity index (χ4v) is 4.53. The van der Waals surface area contributed by atoms with E-state index in [0.717, 1.165) is 11.3 Å². The van der Waals surface area contributed by atoms with Crippen LogP contribution in [0.2, 0.25) is 0 Å². The Balaban J connectivity index is 1.53. The number of rotatable bonds is 7. The monoisotopic (exact) mass is 473 g/mol. The molecule has 0 aliphatic heterocycles. The molecule has 32 heavy (non-hydrogen) atoms. The molecule has 11 heteroatoms. The highest BCUT2D eigenvalue weighted by Gasteiger charge is 2.21. The fraction of sp³-hybridized carbons (Fsp3) is 0.0952. The molecular formula is C21H19N3O6S2. The first-order chi connectivity index (χ1) is 15.2. The number of carbonyl (C=O) groups is 3. The van der Waals surface area contributed by atoms with Crippen molar-refractivity contribution in [2.24, 2.45) is 0 Å². The van der Waals surface area contributed by atoms with Gasteiger partial charge in [-0.1, -0.05) is 24.3 Å². The Morgan fingerprint density at radius 3 is 2.22 bits per heavy atom. The molecule has 3 amide bonds. The molecule has 0 spiro atoms. The van der Waals surface area contributed by atoms with E-state index in [2.05, 4.69) is 15.4 Å². The average molecular weight is 474 g/mol. The van der Waals surface area contributed by atoms with E-state index in [9.17, 15) is 22.8 Å². The number of urea groups is 1. The van der Waals surface area contributed by atoms with Crippen molar-refractivity contribution in [3.8, 4) is 0 Å². The summed E-state index contributed by atoms with van der Waals surface area (Å²) < 4.78 is 32.1. The molecule has 3 rings (SSSR count). The molecule has 1 unspecified atom stereocenters. The number of nitrogens with one attached hydrogen (secondary N) is 3. The van der Waals surface area contributed by atoms with Crippen molar-refractivity contribution < 1.29 is 27.5 Å². The van der Waals surface area contributed by atoms with Gasteiger partial charge in [0.05, 0.1) is 5.56 Å². The minimum absolute atomic E-state index is 0.109. The number of amides is 3. The number of esters is 1. The van der Waals surface area contributed by atoms with E-state index in [1.165, 1.54) is 37.3 Å². The van der Waals surface area contributed by atoms with E-state index in [1.807, 2.05) is 0 Å². The van der Waals surface area contributed by atoms with Gasteiger partial charge in [0.25, 0.3) is 15.9 Å². The lowest BCUT2D eigenvalue weighted by atomic mass is 10.2. The number of para-hydroxylation sites is 1. The van der Waals surface area contributed by atoms with Gasteiger partial charge in [-0.2, -0.15) is 0 Å². The second kappa shape index (κ2) is 10.1. The van der Waals surface area contributed by atoms with Gasteiger partial charge >= 0.3 is 12.0 Å². The second-order valence-corrected chi connectivity index (χ2v) is 9.33. The van der Waals surface area contributed by atoms with Crippen LogP contribution in [0.5, 0.6) is 0 Å². The highest BCUT2D eigenvalue weighted by molar-refractivity contribution is 7.94. The van der Waals surface area contributed by atoms with Gasteiger partial charge in [-0.05, 0) is 54.8 Å². The molecule has 0 saturated heterocycles. The van der Waals surface area contributed by atoms with Crippen molar-refractivity contribution in [3.05, 3.63) is 77.7 Å². The van der Waals surface area contributed by atoms with Gasteiger partial charge in [-0.15, -0.1) is 11.3 Å². The summed E-state index contributed by atoms with van der Waals surface area (Å²) in [4.78, 5) is 36.3. The van der Waals surface area contributed by atoms with Crippen molar-refractivity contribution in [1.82, 2.24) is 5.32 Å². The first kappa shape index (κ1) is 23.0. The normalized spacial score (nSPS) is 11.8. The van der Waals surface area contributed by atoms with E-state index < -0.39 is 34.0 Å². The summed E-state index contributed by atoms with van der Waals surface area (Å²) in [5.74, 6) is -1.60. The van der Waals surface area contributed by atoms with Gasteiger partial charge in [-0.3, -0.25) is 14.8 Å². The largest absolute Gasteiger partial charge is 0.449 e. The zero-order valence-electron chi connectivity index (χ0n) is 16.8. The maximum absolute atomic E-state index is 12.3. The predicted molar refractivity (Wildman–Crippen MR) is 120 cm³/mol. The number of carbonyl (C=O) groups excluding carboxylic acids is 3. The molecule has 0 saturated carbocycles. The number of sulfonamides is 1. The molecule has 3 aromatic rings. The molecule has 3 N–H and O–H groups in total. The van der Waals surface area contributed by atoms with E-state index in [-0.39, 0.29) is 15.5 Å². The Morgan fingerprint density at radius 2 is 1.59 bits per heavy atom. The van der Waals surface area contributed by atoms with Gasteiger partial charge in [0.2, 0.25) is 0 Å². The van der Waals surface area contributed by atoms with E-state index in [1.54, 1.807) is 41.8 Å². The zero-order valence-corrected chi connectivity index (χ0v) is 18.4. The van der Waals surface area contributed by atoms with Crippen LogP contribution in [0.25, 0.3) is 0 Å². The SMILES string of the molecule is CC(OC(=O)c1ccc(NS(=O)(=O)c2cccs2)cc1)C(=O)NC(=O)Nc1ccccc1. The predicted octanol–water partition coefficient (Wildman–Crippen LogP) is 3.44. The number of thiophene rings is 1. The average Bonchev–Trinajstić information content (AvgIpc) is 3.30. The van der Waals surface area contributed by atoms with Crippen molar-refractivity contribution in [1.29, 1.82) is 0 Å². The quantitative estimate of drug-likeness (QED) is 0.451. The topological polar surface area (TPSA) is 131 Å². The first-order valence-electron chi connectivity index (χ1n) is 9.29. The smallest absolute Gasteiger partial charge is 0.338 e. The van der Waals surface area contributed by atoms with E-state index in [0.29, 0.717) is 5.69 Å². The third-order valence-electron chi connectivity index (χ3n) is 4.05. The van der Waals surface area contributed by atoms with Crippen LogP contribution >= 0.6 is 11.3 Å². The Labute approximate surface area is 188 Å². The molecule has 2 aromatic carbocycles. The van der Waals surface area contributed by atoms with Gasteiger partial charge in [0.1, 0.15) is 4.21 Å². The lowest BCUT2D eigenvalue weighted by Gasteiger charge is -2.13. The fourth-order valence-electron chi connectivity index (χ4n) is 2.48. The lowest BCUT2D eigenvalue weighted by molar-refractivity contribution is -0.127. The second-order valence-electron chi connectivity index (χ2n) is 6.47. The molecule has 9 nitrogen and oxygen atoms in total. The molecule has 166 valence electrons. The van der Waals surface area contributed by atoms with Crippen LogP contribution in [0, 0.1) is 0 Å². The van der Waals surface area contributed by atoms with E-state index >= 15 is 0 Å². The van der Waals surface area contributed by atoms with Crippen LogP contribution < -0.4 is 15.4 Å². The summed E-state index contributed by atoms with van der Waals surface area (Å²) in [5.41, 5.74) is 0.869. The number of benzene rings is 2. The first-order valence-corrected chi connectivity index (χ1v) is 11.6. The van der Waals surface area contributed by atoms with Crippen molar-refractivity contribution >= 4 is 50.6 Å². The third kappa shape index (κ3) is 6.15. The number of hydrogen-bond acceptors (Lipinski definition) is 7. The summed E-state index contributed by atoms with van der Waals surface area (Å²) in [6, 6.07) is 16.4. The Morgan fingerprint density at radius 1 is 0.906 bits per heavy atom. The Bertz CT molecular complexity index is 1190. The van der Waals surface area contributed by atoms with Crippen LogP contribution in [-0.2, 0) is 19.6 Å². The van der Waals surface area contributed by atoms with Gasteiger partial charge < -0.3 is 10.1 Å². The van der Waals surface area contributed by atoms with Gasteiger partial charge in [0, 0.05) is 11.4 Å². The molecule has 0 aliphatic carbocycles. The number of anilines is 2. The highest BCUT2D eigenvalue weighted by atomic mass is 32.2. The zero-order chi connectivity index (χ0) is 23.1. The van der Waals surface area contributed by atoms with Gasteiger partial charge in [0.15, 0.2) is 6.10 Å². The van der Waals surface area contributed by atoms with E-state index in [4.69, 9.17) is 4.74 Å². The Hall–Kier alpha value is -3.70. The van der Waals surface area contributed by atoms with Crippen LogP contribution in [0.4, 0.5) is 16.2 Å². The number of imide groups is 1.